The summed E-state index contributed by atoms with van der Waals surface area (Å²) in [6, 6.07) is 12.8. The molecule has 3 aliphatic heterocycles. The van der Waals surface area contributed by atoms with Gasteiger partial charge in [-0.3, -0.25) is 43.9 Å². The smallest absolute Gasteiger partial charge is 0.405 e. The van der Waals surface area contributed by atoms with E-state index in [-0.39, 0.29) is 70.9 Å². The third kappa shape index (κ3) is 11.6. The van der Waals surface area contributed by atoms with Crippen LogP contribution in [0.2, 0.25) is 0 Å². The highest BCUT2D eigenvalue weighted by Crippen LogP contribution is 2.32. The van der Waals surface area contributed by atoms with Crippen molar-refractivity contribution in [2.45, 2.75) is 63.3 Å². The van der Waals surface area contributed by atoms with E-state index in [9.17, 15) is 50.7 Å². The van der Waals surface area contributed by atoms with Crippen LogP contribution in [-0.4, -0.2) is 129 Å². The number of pyridine rings is 1. The summed E-state index contributed by atoms with van der Waals surface area (Å²) in [6.45, 7) is 1.88. The summed E-state index contributed by atoms with van der Waals surface area (Å²) in [5.41, 5.74) is 0.756. The van der Waals surface area contributed by atoms with E-state index >= 15 is 0 Å². The van der Waals surface area contributed by atoms with Gasteiger partial charge in [0, 0.05) is 56.4 Å². The number of carbonyl (C=O) groups excluding carboxylic acids is 6. The Bertz CT molecular complexity index is 2740. The standard InChI is InChI=1S/C46H44F5N9O9/c47-40(48)39-32(54-41(63)33-24-69-43(55-33)28-14-15-52-36(21-28)53-25-46(49,50)51)23-59(57-39)29-8-6-26(7-9-29)35(61)12-10-30-22-58(17-20-68-30)16-19-67-18-2-4-27-3-1-5-31-38(27)45(66)60(44(31)65)34-11-13-37(62)56-42(34)64/h1,3,5-9,14-15,21,23-24,30,34,40H,2,4,10-13,16-20,22,25H2,(H,52,53)(H,54,63)(H,56,62,64)/t30-,34?/m0/s1. The lowest BCUT2D eigenvalue weighted by Crippen LogP contribution is -2.54. The minimum Gasteiger partial charge on any atom is -0.444 e. The van der Waals surface area contributed by atoms with Gasteiger partial charge in [0.05, 0.1) is 48.0 Å². The second-order valence-electron chi connectivity index (χ2n) is 16.4. The second-order valence-corrected chi connectivity index (χ2v) is 16.4. The molecule has 2 saturated heterocycles. The van der Waals surface area contributed by atoms with Crippen molar-refractivity contribution in [3.05, 3.63) is 107 Å². The molecule has 362 valence electrons. The van der Waals surface area contributed by atoms with E-state index in [1.165, 1.54) is 36.7 Å². The monoisotopic (exact) mass is 961 g/mol. The van der Waals surface area contributed by atoms with Gasteiger partial charge in [0.1, 0.15) is 24.7 Å². The lowest BCUT2D eigenvalue weighted by molar-refractivity contribution is -0.136. The number of oxazole rings is 1. The number of nitrogens with one attached hydrogen (secondary N) is 3. The summed E-state index contributed by atoms with van der Waals surface area (Å²) >= 11 is 0. The number of nitrogens with zero attached hydrogens (tertiary/aromatic N) is 6. The molecule has 0 radical (unpaired) electrons. The van der Waals surface area contributed by atoms with Gasteiger partial charge in [0.15, 0.2) is 17.2 Å². The number of amides is 5. The molecule has 2 atom stereocenters. The molecule has 3 aromatic heterocycles. The number of rotatable bonds is 19. The first-order valence-electron chi connectivity index (χ1n) is 21.9. The lowest BCUT2D eigenvalue weighted by Gasteiger charge is -2.32. The van der Waals surface area contributed by atoms with Gasteiger partial charge in [-0.2, -0.15) is 18.3 Å². The molecule has 5 amide bonds. The number of imide groups is 2. The van der Waals surface area contributed by atoms with Crippen molar-refractivity contribution < 1.29 is 64.6 Å². The fourth-order valence-electron chi connectivity index (χ4n) is 8.17. The molecule has 18 nitrogen and oxygen atoms in total. The van der Waals surface area contributed by atoms with Crippen molar-refractivity contribution in [3.63, 3.8) is 0 Å². The topological polar surface area (TPSA) is 220 Å². The van der Waals surface area contributed by atoms with Crippen molar-refractivity contribution in [1.29, 1.82) is 0 Å². The van der Waals surface area contributed by atoms with Crippen molar-refractivity contribution in [1.82, 2.24) is 34.9 Å². The van der Waals surface area contributed by atoms with E-state index in [2.05, 4.69) is 35.9 Å². The van der Waals surface area contributed by atoms with E-state index in [4.69, 9.17) is 13.9 Å². The Morgan fingerprint density at radius 1 is 1.01 bits per heavy atom. The SMILES string of the molecule is O=C1CCC(N2C(=O)c3cccc(CCCOCCN4CCO[C@@H](CCC(=O)c5ccc(-n6cc(NC(=O)c7coc(-c8ccnc(NCC(F)(F)F)c8)n7)c(C(F)F)n6)cc5)C4)c3C2=O)C(=O)N1. The summed E-state index contributed by atoms with van der Waals surface area (Å²) in [4.78, 5) is 87.8. The molecule has 0 saturated carbocycles. The number of aromatic nitrogens is 4. The molecule has 0 aliphatic carbocycles. The molecule has 8 rings (SSSR count). The number of fused-ring (bicyclic) bond motifs is 1. The van der Waals surface area contributed by atoms with Gasteiger partial charge in [0.25, 0.3) is 24.1 Å². The molecule has 1 unspecified atom stereocenters. The average Bonchev–Trinajstić information content (AvgIpc) is 4.06. The molecular formula is C46H44F5N9O9. The van der Waals surface area contributed by atoms with Crippen LogP contribution in [0.15, 0.2) is 77.7 Å². The number of aryl methyl sites for hydroxylation is 1. The number of ketones is 1. The summed E-state index contributed by atoms with van der Waals surface area (Å²) in [6.07, 6.45) is -2.59. The fraction of sp³-hybridized carbons (Fsp3) is 0.370. The number of hydrogen-bond donors (Lipinski definition) is 3. The third-order valence-electron chi connectivity index (χ3n) is 11.6. The van der Waals surface area contributed by atoms with Crippen molar-refractivity contribution in [2.75, 3.05) is 56.6 Å². The van der Waals surface area contributed by atoms with Crippen LogP contribution in [0.5, 0.6) is 0 Å². The molecule has 5 aromatic rings. The molecule has 3 aliphatic rings. The first-order valence-corrected chi connectivity index (χ1v) is 21.9. The van der Waals surface area contributed by atoms with Crippen molar-refractivity contribution in [3.8, 4) is 17.1 Å². The Balaban J connectivity index is 0.771. The van der Waals surface area contributed by atoms with Gasteiger partial charge in [0.2, 0.25) is 17.7 Å². The number of Topliss-reactive ketones (excluding diaryl/α,β-unsaturated/α-hetero) is 1. The molecule has 2 fully saturated rings. The Labute approximate surface area is 389 Å². The summed E-state index contributed by atoms with van der Waals surface area (Å²) in [5.74, 6) is -3.51. The van der Waals surface area contributed by atoms with Crippen LogP contribution in [0, 0.1) is 0 Å². The van der Waals surface area contributed by atoms with E-state index < -0.39 is 60.4 Å². The van der Waals surface area contributed by atoms with Crippen LogP contribution in [0.25, 0.3) is 17.1 Å². The fourth-order valence-corrected chi connectivity index (χ4v) is 8.17. The number of halogens is 5. The maximum atomic E-state index is 14.1. The van der Waals surface area contributed by atoms with Crippen molar-refractivity contribution in [2.24, 2.45) is 0 Å². The van der Waals surface area contributed by atoms with Gasteiger partial charge in [-0.25, -0.2) is 23.4 Å². The second kappa shape index (κ2) is 21.0. The number of piperidine rings is 1. The van der Waals surface area contributed by atoms with Crippen LogP contribution >= 0.6 is 0 Å². The number of anilines is 2. The Hall–Kier alpha value is -7.24. The number of alkyl halides is 5. The molecule has 0 bridgehead atoms. The Morgan fingerprint density at radius 3 is 2.59 bits per heavy atom. The lowest BCUT2D eigenvalue weighted by atomic mass is 9.99. The van der Waals surface area contributed by atoms with Crippen LogP contribution < -0.4 is 16.0 Å². The maximum absolute atomic E-state index is 14.1. The number of morpholine rings is 1. The first-order chi connectivity index (χ1) is 33.1. The number of carbonyl (C=O) groups is 6. The molecule has 6 heterocycles. The molecule has 69 heavy (non-hydrogen) atoms. The predicted molar refractivity (Wildman–Crippen MR) is 233 cm³/mol. The highest BCUT2D eigenvalue weighted by Gasteiger charge is 2.45. The van der Waals surface area contributed by atoms with Gasteiger partial charge in [-0.1, -0.05) is 12.1 Å². The van der Waals surface area contributed by atoms with Gasteiger partial charge in [-0.05, 0) is 73.7 Å². The van der Waals surface area contributed by atoms with E-state index in [0.717, 1.165) is 15.8 Å². The van der Waals surface area contributed by atoms with Gasteiger partial charge < -0.3 is 24.5 Å². The number of ether oxygens (including phenoxy) is 2. The molecule has 23 heteroatoms. The average molecular weight is 962 g/mol. The van der Waals surface area contributed by atoms with E-state index in [1.807, 2.05) is 0 Å². The Kier molecular flexibility index (Phi) is 14.6. The van der Waals surface area contributed by atoms with Crippen LogP contribution in [0.4, 0.5) is 33.5 Å². The number of hydrogen-bond acceptors (Lipinski definition) is 14. The molecule has 3 N–H and O–H groups in total. The minimum absolute atomic E-state index is 0.0402. The largest absolute Gasteiger partial charge is 0.444 e. The minimum atomic E-state index is -4.49. The molecular weight excluding hydrogens is 918 g/mol. The number of benzene rings is 2. The van der Waals surface area contributed by atoms with Crippen molar-refractivity contribution >= 4 is 46.8 Å². The van der Waals surface area contributed by atoms with Crippen LogP contribution in [0.1, 0.15) is 91.3 Å². The summed E-state index contributed by atoms with van der Waals surface area (Å²) in [7, 11) is 0. The van der Waals surface area contributed by atoms with Gasteiger partial charge >= 0.3 is 6.18 Å². The zero-order chi connectivity index (χ0) is 48.8. The zero-order valence-corrected chi connectivity index (χ0v) is 36.6. The Morgan fingerprint density at radius 2 is 1.83 bits per heavy atom. The third-order valence-corrected chi connectivity index (χ3v) is 11.6. The van der Waals surface area contributed by atoms with Crippen LogP contribution in [0.3, 0.4) is 0 Å². The summed E-state index contributed by atoms with van der Waals surface area (Å²) < 4.78 is 84.3. The zero-order valence-electron chi connectivity index (χ0n) is 36.6. The molecule has 2 aromatic carbocycles. The van der Waals surface area contributed by atoms with E-state index in [1.54, 1.807) is 30.3 Å². The first kappa shape index (κ1) is 48.2. The van der Waals surface area contributed by atoms with Crippen LogP contribution in [-0.2, 0) is 25.5 Å². The van der Waals surface area contributed by atoms with Gasteiger partial charge in [-0.15, -0.1) is 0 Å². The quantitative estimate of drug-likeness (QED) is 0.0386. The molecule has 0 spiro atoms. The van der Waals surface area contributed by atoms with E-state index in [0.29, 0.717) is 75.5 Å². The highest BCUT2D eigenvalue weighted by molar-refractivity contribution is 6.24. The highest BCUT2D eigenvalue weighted by atomic mass is 19.4. The maximum Gasteiger partial charge on any atom is 0.405 e. The summed E-state index contributed by atoms with van der Waals surface area (Å²) in [5, 5.41) is 10.6. The normalized spacial score (nSPS) is 17.6. The predicted octanol–water partition coefficient (Wildman–Crippen LogP) is 5.80.